The third-order valence-electron chi connectivity index (χ3n) is 3.45. The molecule has 0 amide bonds. The van der Waals surface area contributed by atoms with Gasteiger partial charge >= 0.3 is 0 Å². The van der Waals surface area contributed by atoms with Crippen LogP contribution in [0.5, 0.6) is 5.75 Å². The number of aliphatic hydroxyl groups is 1. The van der Waals surface area contributed by atoms with Crippen LogP contribution in [0.15, 0.2) is 42.6 Å². The van der Waals surface area contributed by atoms with Crippen LogP contribution in [0.1, 0.15) is 11.1 Å². The third kappa shape index (κ3) is 3.94. The Bertz CT molecular complexity index is 784. The molecule has 0 fully saturated rings. The lowest BCUT2D eigenvalue weighted by molar-refractivity contribution is 0.0892. The fourth-order valence-corrected chi connectivity index (χ4v) is 2.47. The second-order valence-corrected chi connectivity index (χ2v) is 5.69. The maximum atomic E-state index is 10.2. The van der Waals surface area contributed by atoms with Gasteiger partial charge in [0.15, 0.2) is 0 Å². The number of aryl methyl sites for hydroxylation is 2. The summed E-state index contributed by atoms with van der Waals surface area (Å²) in [5, 5.41) is 21.8. The number of nitrogens with zero attached hydrogens (tertiary/aromatic N) is 5. The summed E-state index contributed by atoms with van der Waals surface area (Å²) in [4.78, 5) is 4.23. The molecule has 2 aromatic heterocycles. The summed E-state index contributed by atoms with van der Waals surface area (Å²) < 4.78 is 7.20. The van der Waals surface area contributed by atoms with Crippen molar-refractivity contribution in [2.75, 3.05) is 6.61 Å². The van der Waals surface area contributed by atoms with Crippen LogP contribution in [0.25, 0.3) is 11.5 Å². The van der Waals surface area contributed by atoms with E-state index < -0.39 is 6.10 Å². The van der Waals surface area contributed by atoms with Crippen molar-refractivity contribution in [3.8, 4) is 17.3 Å². The van der Waals surface area contributed by atoms with Crippen LogP contribution in [0.4, 0.5) is 0 Å². The van der Waals surface area contributed by atoms with E-state index in [1.807, 2.05) is 44.2 Å². The van der Waals surface area contributed by atoms with Crippen LogP contribution >= 0.6 is 0 Å². The molecule has 1 N–H and O–H groups in total. The third-order valence-corrected chi connectivity index (χ3v) is 3.45. The highest BCUT2D eigenvalue weighted by Crippen LogP contribution is 2.17. The van der Waals surface area contributed by atoms with E-state index in [1.165, 1.54) is 4.68 Å². The van der Waals surface area contributed by atoms with E-state index in [1.54, 1.807) is 6.20 Å². The van der Waals surface area contributed by atoms with Crippen LogP contribution in [-0.2, 0) is 6.54 Å². The summed E-state index contributed by atoms with van der Waals surface area (Å²) in [7, 11) is 0. The van der Waals surface area contributed by atoms with Crippen LogP contribution in [0.2, 0.25) is 0 Å². The van der Waals surface area contributed by atoms with Crippen molar-refractivity contribution in [2.24, 2.45) is 0 Å². The number of tetrazole rings is 1. The molecule has 0 saturated carbocycles. The first-order valence-electron chi connectivity index (χ1n) is 7.68. The van der Waals surface area contributed by atoms with Gasteiger partial charge in [0.1, 0.15) is 24.2 Å². The highest BCUT2D eigenvalue weighted by atomic mass is 16.5. The molecule has 3 aromatic rings. The van der Waals surface area contributed by atoms with Gasteiger partial charge in [0.25, 0.3) is 0 Å². The SMILES string of the molecule is Cc1cc(C)cc(OCC(O)Cn2nnnc2-c2ccccn2)c1. The maximum Gasteiger partial charge on any atom is 0.200 e. The van der Waals surface area contributed by atoms with Crippen molar-refractivity contribution in [2.45, 2.75) is 26.5 Å². The molecule has 24 heavy (non-hydrogen) atoms. The molecular formula is C17H19N5O2. The van der Waals surface area contributed by atoms with Crippen molar-refractivity contribution >= 4 is 0 Å². The van der Waals surface area contributed by atoms with Gasteiger partial charge in [-0.15, -0.1) is 5.10 Å². The molecule has 124 valence electrons. The van der Waals surface area contributed by atoms with Crippen LogP contribution < -0.4 is 4.74 Å². The second-order valence-electron chi connectivity index (χ2n) is 5.69. The Labute approximate surface area is 139 Å². The quantitative estimate of drug-likeness (QED) is 0.743. The fourth-order valence-electron chi connectivity index (χ4n) is 2.47. The van der Waals surface area contributed by atoms with E-state index in [9.17, 15) is 5.11 Å². The number of hydrogen-bond acceptors (Lipinski definition) is 6. The highest BCUT2D eigenvalue weighted by Gasteiger charge is 2.14. The average Bonchev–Trinajstić information content (AvgIpc) is 3.01. The molecule has 1 atom stereocenters. The Hall–Kier alpha value is -2.80. The monoisotopic (exact) mass is 325 g/mol. The Kier molecular flexibility index (Phi) is 4.81. The molecule has 0 radical (unpaired) electrons. The number of hydrogen-bond donors (Lipinski definition) is 1. The Balaban J connectivity index is 1.63. The normalized spacial score (nSPS) is 12.1. The summed E-state index contributed by atoms with van der Waals surface area (Å²) in [6.07, 6.45) is 0.935. The first-order chi connectivity index (χ1) is 11.6. The minimum atomic E-state index is -0.739. The van der Waals surface area contributed by atoms with Crippen LogP contribution in [0, 0.1) is 13.8 Å². The molecule has 7 nitrogen and oxygen atoms in total. The van der Waals surface area contributed by atoms with Crippen molar-refractivity contribution in [1.82, 2.24) is 25.2 Å². The number of benzene rings is 1. The van der Waals surface area contributed by atoms with Crippen molar-refractivity contribution in [3.63, 3.8) is 0 Å². The number of rotatable bonds is 6. The second kappa shape index (κ2) is 7.18. The Morgan fingerprint density at radius 1 is 1.17 bits per heavy atom. The van der Waals surface area contributed by atoms with Crippen molar-refractivity contribution in [3.05, 3.63) is 53.7 Å². The van der Waals surface area contributed by atoms with Gasteiger partial charge < -0.3 is 9.84 Å². The lowest BCUT2D eigenvalue weighted by Gasteiger charge is -2.13. The lowest BCUT2D eigenvalue weighted by atomic mass is 10.1. The summed E-state index contributed by atoms with van der Waals surface area (Å²) in [5.41, 5.74) is 2.90. The lowest BCUT2D eigenvalue weighted by Crippen LogP contribution is -2.24. The minimum absolute atomic E-state index is 0.157. The molecule has 2 heterocycles. The Morgan fingerprint density at radius 3 is 2.67 bits per heavy atom. The zero-order valence-corrected chi connectivity index (χ0v) is 13.6. The number of ether oxygens (including phenoxy) is 1. The molecule has 0 aliphatic heterocycles. The minimum Gasteiger partial charge on any atom is -0.491 e. The van der Waals surface area contributed by atoms with Crippen molar-refractivity contribution < 1.29 is 9.84 Å². The molecule has 0 bridgehead atoms. The number of aliphatic hydroxyl groups excluding tert-OH is 1. The molecule has 0 spiro atoms. The molecule has 1 unspecified atom stereocenters. The number of aromatic nitrogens is 5. The first kappa shape index (κ1) is 16.1. The Morgan fingerprint density at radius 2 is 1.96 bits per heavy atom. The molecule has 0 aliphatic rings. The van der Waals surface area contributed by atoms with Gasteiger partial charge in [-0.3, -0.25) is 4.98 Å². The average molecular weight is 325 g/mol. The van der Waals surface area contributed by atoms with Crippen LogP contribution in [0.3, 0.4) is 0 Å². The van der Waals surface area contributed by atoms with E-state index >= 15 is 0 Å². The smallest absolute Gasteiger partial charge is 0.200 e. The summed E-state index contributed by atoms with van der Waals surface area (Å²) in [6, 6.07) is 11.5. The number of pyridine rings is 1. The largest absolute Gasteiger partial charge is 0.491 e. The van der Waals surface area contributed by atoms with Gasteiger partial charge in [0.2, 0.25) is 5.82 Å². The molecule has 3 rings (SSSR count). The van der Waals surface area contributed by atoms with E-state index in [0.29, 0.717) is 11.5 Å². The van der Waals surface area contributed by atoms with E-state index in [0.717, 1.165) is 16.9 Å². The standard InChI is InChI=1S/C17H19N5O2/c1-12-7-13(2)9-15(8-12)24-11-14(23)10-22-17(19-20-21-22)16-5-3-4-6-18-16/h3-9,14,23H,10-11H2,1-2H3. The van der Waals surface area contributed by atoms with Gasteiger partial charge in [-0.2, -0.15) is 0 Å². The molecular weight excluding hydrogens is 306 g/mol. The van der Waals surface area contributed by atoms with Gasteiger partial charge in [0, 0.05) is 6.20 Å². The van der Waals surface area contributed by atoms with Gasteiger partial charge in [-0.05, 0) is 59.7 Å². The predicted molar refractivity (Wildman–Crippen MR) is 88.5 cm³/mol. The topological polar surface area (TPSA) is 86.0 Å². The first-order valence-corrected chi connectivity index (χ1v) is 7.68. The van der Waals surface area contributed by atoms with Gasteiger partial charge in [-0.25, -0.2) is 4.68 Å². The molecule has 1 aromatic carbocycles. The molecule has 7 heteroatoms. The van der Waals surface area contributed by atoms with E-state index in [-0.39, 0.29) is 13.2 Å². The maximum absolute atomic E-state index is 10.2. The van der Waals surface area contributed by atoms with Gasteiger partial charge in [0.05, 0.1) is 6.54 Å². The zero-order valence-electron chi connectivity index (χ0n) is 13.6. The summed E-state index contributed by atoms with van der Waals surface area (Å²) >= 11 is 0. The molecule has 0 aliphatic carbocycles. The van der Waals surface area contributed by atoms with E-state index in [4.69, 9.17) is 4.74 Å². The van der Waals surface area contributed by atoms with Gasteiger partial charge in [-0.1, -0.05) is 12.1 Å². The van der Waals surface area contributed by atoms with E-state index in [2.05, 4.69) is 26.6 Å². The highest BCUT2D eigenvalue weighted by molar-refractivity contribution is 5.47. The predicted octanol–water partition coefficient (Wildman–Crippen LogP) is 1.79. The summed E-state index contributed by atoms with van der Waals surface area (Å²) in [6.45, 7) is 4.40. The van der Waals surface area contributed by atoms with Crippen LogP contribution in [-0.4, -0.2) is 43.0 Å². The fraction of sp³-hybridized carbons (Fsp3) is 0.294. The molecule has 0 saturated heterocycles. The van der Waals surface area contributed by atoms with Crippen molar-refractivity contribution in [1.29, 1.82) is 0 Å². The zero-order chi connectivity index (χ0) is 16.9. The summed E-state index contributed by atoms with van der Waals surface area (Å²) in [5.74, 6) is 1.26.